The van der Waals surface area contributed by atoms with Crippen molar-refractivity contribution in [3.8, 4) is 0 Å². The molecule has 0 aliphatic heterocycles. The Kier molecular flexibility index (Phi) is 62.7. The summed E-state index contributed by atoms with van der Waals surface area (Å²) in [5, 5.41) is 13.9. The Bertz CT molecular complexity index is 1370. The molecule has 81 heavy (non-hydrogen) atoms. The van der Waals surface area contributed by atoms with E-state index in [1.165, 1.54) is 321 Å². The Morgan fingerprint density at radius 3 is 1.00 bits per heavy atom. The molecule has 0 rings (SSSR count). The highest BCUT2D eigenvalue weighted by molar-refractivity contribution is 7.45. The summed E-state index contributed by atoms with van der Waals surface area (Å²) in [4.78, 5) is 25.6. The molecule has 3 unspecified atom stereocenters. The van der Waals surface area contributed by atoms with Crippen LogP contribution in [0, 0.1) is 0 Å². The predicted molar refractivity (Wildman–Crippen MR) is 353 cm³/mol. The van der Waals surface area contributed by atoms with E-state index in [0.717, 1.165) is 38.5 Å². The van der Waals surface area contributed by atoms with E-state index >= 15 is 0 Å². The maximum absolute atomic E-state index is 13.0. The second kappa shape index (κ2) is 63.5. The molecule has 0 radical (unpaired) electrons. The highest BCUT2D eigenvalue weighted by Gasteiger charge is 2.23. The van der Waals surface area contributed by atoms with E-state index in [0.29, 0.717) is 17.4 Å². The Balaban J connectivity index is 3.89. The molecule has 0 spiro atoms. The van der Waals surface area contributed by atoms with Crippen molar-refractivity contribution in [1.29, 1.82) is 0 Å². The van der Waals surface area contributed by atoms with Gasteiger partial charge in [0.05, 0.1) is 39.9 Å². The van der Waals surface area contributed by atoms with Crippen molar-refractivity contribution in [2.24, 2.45) is 0 Å². The quantitative estimate of drug-likeness (QED) is 0.0272. The topological polar surface area (TPSA) is 108 Å². The van der Waals surface area contributed by atoms with E-state index in [1.54, 1.807) is 6.08 Å². The van der Waals surface area contributed by atoms with Crippen molar-refractivity contribution < 1.29 is 32.9 Å². The number of aliphatic hydroxyl groups is 1. The standard InChI is InChI=1S/C72H143N2O6P/c1-6-8-10-12-14-16-18-20-22-24-26-27-28-29-30-31-32-33-34-35-36-37-38-39-40-41-42-43-44-45-46-48-50-52-54-56-58-60-62-64-66-72(76)73-70(69-80-81(77,78)79-68-67-74(3,4)5)71(75)65-63-61-59-57-55-53-51-49-47-25-23-21-19-17-15-13-11-9-7-2/h55,57,63,65,70-71,75H,6-54,56,58-62,64,66-69H2,1-5H3,(H-,73,76,77,78)/b57-55+,65-63+. The van der Waals surface area contributed by atoms with Gasteiger partial charge in [-0.1, -0.05) is 366 Å². The number of carbonyl (C=O) groups excluding carboxylic acids is 1. The van der Waals surface area contributed by atoms with Gasteiger partial charge in [0.1, 0.15) is 13.2 Å². The Hall–Kier alpha value is -1.02. The lowest BCUT2D eigenvalue weighted by molar-refractivity contribution is -0.870. The molecule has 0 bridgehead atoms. The van der Waals surface area contributed by atoms with Gasteiger partial charge in [0.15, 0.2) is 0 Å². The molecule has 482 valence electrons. The minimum atomic E-state index is -4.61. The summed E-state index contributed by atoms with van der Waals surface area (Å²) in [6.07, 6.45) is 83.4. The molecule has 8 nitrogen and oxygen atoms in total. The number of unbranched alkanes of at least 4 members (excludes halogenated alkanes) is 53. The molecule has 0 aromatic rings. The lowest BCUT2D eigenvalue weighted by atomic mass is 10.0. The number of nitrogens with one attached hydrogen (secondary N) is 1. The first-order chi connectivity index (χ1) is 39.5. The van der Waals surface area contributed by atoms with E-state index in [-0.39, 0.29) is 19.1 Å². The minimum Gasteiger partial charge on any atom is -0.756 e. The van der Waals surface area contributed by atoms with Crippen LogP contribution in [0.2, 0.25) is 0 Å². The van der Waals surface area contributed by atoms with Crippen molar-refractivity contribution in [2.45, 2.75) is 392 Å². The molecule has 0 aromatic heterocycles. The molecule has 3 atom stereocenters. The molecule has 0 saturated heterocycles. The minimum absolute atomic E-state index is 0.00354. The lowest BCUT2D eigenvalue weighted by Gasteiger charge is -2.29. The first kappa shape index (κ1) is 80.0. The fourth-order valence-corrected chi connectivity index (χ4v) is 12.0. The maximum Gasteiger partial charge on any atom is 0.268 e. The number of phosphoric acid groups is 1. The van der Waals surface area contributed by atoms with Crippen LogP contribution in [0.1, 0.15) is 380 Å². The fraction of sp³-hybridized carbons (Fsp3) is 0.931. The molecular weight excluding hydrogens is 1020 g/mol. The first-order valence-corrected chi connectivity index (χ1v) is 37.7. The third kappa shape index (κ3) is 66.4. The molecular formula is C72H143N2O6P. The highest BCUT2D eigenvalue weighted by Crippen LogP contribution is 2.38. The van der Waals surface area contributed by atoms with Crippen LogP contribution in [0.15, 0.2) is 24.3 Å². The molecule has 0 aliphatic carbocycles. The number of amides is 1. The van der Waals surface area contributed by atoms with E-state index in [4.69, 9.17) is 9.05 Å². The van der Waals surface area contributed by atoms with E-state index in [1.807, 2.05) is 27.2 Å². The number of phosphoric ester groups is 1. The largest absolute Gasteiger partial charge is 0.756 e. The van der Waals surface area contributed by atoms with Gasteiger partial charge in [-0.2, -0.15) is 0 Å². The van der Waals surface area contributed by atoms with Crippen molar-refractivity contribution in [3.63, 3.8) is 0 Å². The monoisotopic (exact) mass is 1160 g/mol. The molecule has 0 heterocycles. The Morgan fingerprint density at radius 2 is 0.691 bits per heavy atom. The molecule has 0 saturated carbocycles. The van der Waals surface area contributed by atoms with Gasteiger partial charge in [-0.25, -0.2) is 0 Å². The number of likely N-dealkylation sites (N-methyl/N-ethyl adjacent to an activating group) is 1. The van der Waals surface area contributed by atoms with E-state index in [9.17, 15) is 19.4 Å². The zero-order valence-electron chi connectivity index (χ0n) is 55.3. The third-order valence-corrected chi connectivity index (χ3v) is 17.9. The molecule has 0 aromatic carbocycles. The predicted octanol–water partition coefficient (Wildman–Crippen LogP) is 22.4. The number of carbonyl (C=O) groups is 1. The molecule has 1 amide bonds. The third-order valence-electron chi connectivity index (χ3n) is 16.9. The van der Waals surface area contributed by atoms with Crippen molar-refractivity contribution in [3.05, 3.63) is 24.3 Å². The number of hydrogen-bond acceptors (Lipinski definition) is 6. The summed E-state index contributed by atoms with van der Waals surface area (Å²) >= 11 is 0. The smallest absolute Gasteiger partial charge is 0.268 e. The highest BCUT2D eigenvalue weighted by atomic mass is 31.2. The summed E-state index contributed by atoms with van der Waals surface area (Å²) in [5.41, 5.74) is 0. The molecule has 9 heteroatoms. The van der Waals surface area contributed by atoms with Crippen LogP contribution in [-0.4, -0.2) is 68.5 Å². The zero-order valence-corrected chi connectivity index (χ0v) is 56.2. The molecule has 0 aliphatic rings. The summed E-state index contributed by atoms with van der Waals surface area (Å²) in [5.74, 6) is -0.199. The summed E-state index contributed by atoms with van der Waals surface area (Å²) in [6, 6.07) is -0.901. The van der Waals surface area contributed by atoms with Gasteiger partial charge in [0.2, 0.25) is 5.91 Å². The average molecular weight is 1160 g/mol. The summed E-state index contributed by atoms with van der Waals surface area (Å²) in [6.45, 7) is 4.69. The zero-order chi connectivity index (χ0) is 59.1. The number of allylic oxidation sites excluding steroid dienone is 3. The number of hydrogen-bond donors (Lipinski definition) is 2. The van der Waals surface area contributed by atoms with Gasteiger partial charge in [0.25, 0.3) is 7.82 Å². The van der Waals surface area contributed by atoms with Crippen LogP contribution >= 0.6 is 7.82 Å². The maximum atomic E-state index is 13.0. The molecule has 0 fully saturated rings. The van der Waals surface area contributed by atoms with E-state index < -0.39 is 20.0 Å². The SMILES string of the molecule is CCCCCCCCCCCCCCC/C=C/CC/C=C/C(O)C(COP(=O)([O-])OCC[N+](C)(C)C)NC(=O)CCCCCCCCCCCCCCCCCCCCCCCCCCCCCCCCCCCCCCCCCC. The van der Waals surface area contributed by atoms with Gasteiger partial charge in [-0.15, -0.1) is 0 Å². The van der Waals surface area contributed by atoms with Gasteiger partial charge < -0.3 is 28.8 Å². The Morgan fingerprint density at radius 1 is 0.420 bits per heavy atom. The van der Waals surface area contributed by atoms with Gasteiger partial charge in [0, 0.05) is 6.42 Å². The van der Waals surface area contributed by atoms with Crippen LogP contribution in [0.25, 0.3) is 0 Å². The van der Waals surface area contributed by atoms with Crippen LogP contribution in [0.4, 0.5) is 0 Å². The number of rotatable bonds is 68. The Labute approximate surface area is 506 Å². The van der Waals surface area contributed by atoms with Crippen molar-refractivity contribution in [1.82, 2.24) is 5.32 Å². The molecule has 2 N–H and O–H groups in total. The lowest BCUT2D eigenvalue weighted by Crippen LogP contribution is -2.45. The second-order valence-electron chi connectivity index (χ2n) is 26.3. The van der Waals surface area contributed by atoms with Crippen LogP contribution in [0.5, 0.6) is 0 Å². The number of nitrogens with zero attached hydrogens (tertiary/aromatic N) is 1. The van der Waals surface area contributed by atoms with Gasteiger partial charge >= 0.3 is 0 Å². The normalized spacial score (nSPS) is 13.7. The van der Waals surface area contributed by atoms with E-state index in [2.05, 4.69) is 31.3 Å². The summed E-state index contributed by atoms with van der Waals surface area (Å²) < 4.78 is 23.4. The number of quaternary nitrogens is 1. The summed E-state index contributed by atoms with van der Waals surface area (Å²) in [7, 11) is 1.26. The number of aliphatic hydroxyl groups excluding tert-OH is 1. The van der Waals surface area contributed by atoms with Crippen molar-refractivity contribution >= 4 is 13.7 Å². The first-order valence-electron chi connectivity index (χ1n) is 36.2. The average Bonchev–Trinajstić information content (AvgIpc) is 3.43. The van der Waals surface area contributed by atoms with Crippen molar-refractivity contribution in [2.75, 3.05) is 40.9 Å². The van der Waals surface area contributed by atoms with Gasteiger partial charge in [-0.05, 0) is 32.1 Å². The fourth-order valence-electron chi connectivity index (χ4n) is 11.3. The van der Waals surface area contributed by atoms with Crippen LogP contribution in [0.3, 0.4) is 0 Å². The second-order valence-corrected chi connectivity index (χ2v) is 27.7. The van der Waals surface area contributed by atoms with Crippen LogP contribution in [-0.2, 0) is 18.4 Å². The van der Waals surface area contributed by atoms with Gasteiger partial charge in [-0.3, -0.25) is 9.36 Å². The van der Waals surface area contributed by atoms with Crippen LogP contribution < -0.4 is 10.2 Å².